The van der Waals surface area contributed by atoms with Gasteiger partial charge in [-0.3, -0.25) is 19.2 Å². The second kappa shape index (κ2) is 30.4. The largest absolute Gasteiger partial charge is 0.490 e. The van der Waals surface area contributed by atoms with Crippen LogP contribution in [0.25, 0.3) is 6.08 Å². The minimum Gasteiger partial charge on any atom is -0.490 e. The van der Waals surface area contributed by atoms with Gasteiger partial charge in [0, 0.05) is 53.9 Å². The lowest BCUT2D eigenvalue weighted by molar-refractivity contribution is -0.259. The highest BCUT2D eigenvalue weighted by atomic mass is 19.4. The summed E-state index contributed by atoms with van der Waals surface area (Å²) >= 11 is 0. The highest BCUT2D eigenvalue weighted by Crippen LogP contribution is 2.60. The Balaban J connectivity index is 0.000000179. The van der Waals surface area contributed by atoms with Crippen molar-refractivity contribution in [2.75, 3.05) is 13.2 Å². The van der Waals surface area contributed by atoms with Crippen LogP contribution in [0.3, 0.4) is 0 Å². The minimum atomic E-state index is -4.61. The summed E-state index contributed by atoms with van der Waals surface area (Å²) in [4.78, 5) is 89.7. The number of esters is 8. The molecule has 1 aromatic carbocycles. The zero-order valence-electron chi connectivity index (χ0n) is 55.1. The molecule has 15 atom stereocenters. The fourth-order valence-corrected chi connectivity index (χ4v) is 14.5. The van der Waals surface area contributed by atoms with E-state index in [1.54, 1.807) is 45.9 Å². The normalized spacial score (nSPS) is 32.2. The summed E-state index contributed by atoms with van der Waals surface area (Å²) in [6, 6.07) is 7.15. The molecular weight excluding hydrogens is 1210 g/mol. The molecule has 3 heterocycles. The molecule has 19 nitrogen and oxygen atoms in total. The Morgan fingerprint density at radius 1 is 0.731 bits per heavy atom. The van der Waals surface area contributed by atoms with Crippen LogP contribution in [0, 0.1) is 52.8 Å². The molecule has 2 N–H and O–H groups in total. The Bertz CT molecular complexity index is 3070. The van der Waals surface area contributed by atoms with Crippen molar-refractivity contribution in [3.05, 3.63) is 110 Å². The maximum Gasteiger partial charge on any atom is 0.416 e. The van der Waals surface area contributed by atoms with E-state index >= 15 is 0 Å². The molecule has 11 fully saturated rings. The Labute approximate surface area is 543 Å². The summed E-state index contributed by atoms with van der Waals surface area (Å²) in [5.41, 5.74) is -0.888. The summed E-state index contributed by atoms with van der Waals surface area (Å²) in [6.07, 6.45) is 5.57. The van der Waals surface area contributed by atoms with Gasteiger partial charge in [0.05, 0.1) is 24.5 Å². The molecule has 12 rings (SSSR count). The molecule has 93 heavy (non-hydrogen) atoms. The molecule has 1 aromatic rings. The average Bonchev–Trinajstić information content (AvgIpc) is 1.61. The van der Waals surface area contributed by atoms with Crippen molar-refractivity contribution >= 4 is 53.8 Å². The SMILES string of the molecule is C=C(C)C(=C)OC(C)C1(C)CCOC1=O.C=C(C)C(=O)OC12CC3CC(CC(O)(C3)C1)C2.C=C(C)C(=O)OC1C2CC3C(=O)OC1C3C2.C=C(C)C(=O)OC1CC2CC1CC2CC(C)(O)C(F)(F)F.C=C(C)C(=O)OC1COC(=O)C1.C=Cc1ccc(OC(C)=O)cc1. The number of benzene rings is 1. The van der Waals surface area contributed by atoms with Gasteiger partial charge in [0.25, 0.3) is 0 Å². The van der Waals surface area contributed by atoms with Crippen molar-refractivity contribution in [3.8, 4) is 5.75 Å². The Hall–Kier alpha value is -7.33. The smallest absolute Gasteiger partial charge is 0.416 e. The molecule has 3 aliphatic heterocycles. The number of hydrogen-bond donors (Lipinski definition) is 2. The number of hydrogen-bond acceptors (Lipinski definition) is 19. The quantitative estimate of drug-likeness (QED) is 0.0389. The first kappa shape index (κ1) is 74.7. The van der Waals surface area contributed by atoms with E-state index in [-0.39, 0.29) is 109 Å². The summed E-state index contributed by atoms with van der Waals surface area (Å²) < 4.78 is 84.7. The van der Waals surface area contributed by atoms with Gasteiger partial charge < -0.3 is 52.8 Å². The number of ether oxygens (including phenoxy) is 9. The van der Waals surface area contributed by atoms with Gasteiger partial charge in [0.15, 0.2) is 5.60 Å². The number of allylic oxidation sites excluding steroid dienone is 1. The molecule has 11 aliphatic rings. The van der Waals surface area contributed by atoms with Crippen LogP contribution < -0.4 is 4.74 Å². The molecule has 15 unspecified atom stereocenters. The van der Waals surface area contributed by atoms with Gasteiger partial charge in [-0.25, -0.2) is 19.2 Å². The summed E-state index contributed by atoms with van der Waals surface area (Å²) in [6.45, 7) is 40.0. The van der Waals surface area contributed by atoms with E-state index in [2.05, 4.69) is 50.8 Å². The van der Waals surface area contributed by atoms with E-state index < -0.39 is 46.4 Å². The molecule has 8 bridgehead atoms. The Kier molecular flexibility index (Phi) is 24.4. The molecule has 0 spiro atoms. The maximum atomic E-state index is 12.7. The molecule has 0 amide bonds. The molecule has 22 heteroatoms. The number of aliphatic hydroxyl groups is 2. The van der Waals surface area contributed by atoms with Crippen LogP contribution in [0.1, 0.15) is 158 Å². The van der Waals surface area contributed by atoms with Crippen molar-refractivity contribution in [3.63, 3.8) is 0 Å². The molecule has 3 saturated heterocycles. The van der Waals surface area contributed by atoms with Crippen molar-refractivity contribution in [2.24, 2.45) is 52.8 Å². The highest BCUT2D eigenvalue weighted by molar-refractivity contribution is 5.89. The lowest BCUT2D eigenvalue weighted by Crippen LogP contribution is -2.60. The van der Waals surface area contributed by atoms with Crippen molar-refractivity contribution in [2.45, 2.75) is 206 Å². The lowest BCUT2D eigenvalue weighted by atomic mass is 9.52. The third-order valence-corrected chi connectivity index (χ3v) is 19.3. The number of carbonyl (C=O) groups is 8. The topological polar surface area (TPSA) is 260 Å². The van der Waals surface area contributed by atoms with E-state index in [1.165, 1.54) is 13.3 Å². The van der Waals surface area contributed by atoms with Gasteiger partial charge in [-0.2, -0.15) is 13.2 Å². The minimum absolute atomic E-state index is 0.0646. The van der Waals surface area contributed by atoms with Gasteiger partial charge >= 0.3 is 53.9 Å². The van der Waals surface area contributed by atoms with Crippen LogP contribution >= 0.6 is 0 Å². The summed E-state index contributed by atoms with van der Waals surface area (Å²) in [5, 5.41) is 20.1. The van der Waals surface area contributed by atoms with Crippen molar-refractivity contribution < 1.29 is 104 Å². The maximum absolute atomic E-state index is 12.7. The van der Waals surface area contributed by atoms with Gasteiger partial charge in [-0.15, -0.1) is 0 Å². The zero-order valence-corrected chi connectivity index (χ0v) is 55.1. The number of carbonyl (C=O) groups excluding carboxylic acids is 8. The standard InChI is InChI=1S/C15H21F3O3.C14H20O3.C12H14O4.C12H18O3.C10H10O2.C8H10O4/c1-8(2)13(19)21-12-6-9-4-10(12)5-11(9)7-14(3,20)15(16,17)18;1-9(2)12(15)17-14-6-10-3-11(7-14)5-13(16,4-10)8-14;1-5(2)11(13)15-9-6-3-7-8(4-6)12(14)16-10(7)9;1-8(2)9(3)15-10(4)12(5)6-7-14-11(12)13;1-3-9-4-6-10(7-5-9)12-8(2)11;1-5(2)8(10)12-6-3-7(9)11-4-6/h9-12,20H,1,4-7H2,2-3H3;10-11,16H,1,3-8H2,2H3;6-10H,1,3-4H2,2H3;10H,1,3,6-7H2,2,4-5H3;3-7H,1H2,2H3;6H,1,3-4H2,2H3. The monoisotopic (exact) mass is 1310 g/mol. The van der Waals surface area contributed by atoms with E-state index in [0.29, 0.717) is 83.8 Å². The van der Waals surface area contributed by atoms with E-state index in [9.17, 15) is 61.7 Å². The summed E-state index contributed by atoms with van der Waals surface area (Å²) in [7, 11) is 0. The third kappa shape index (κ3) is 19.2. The van der Waals surface area contributed by atoms with E-state index in [1.807, 2.05) is 32.9 Å². The predicted octanol–water partition coefficient (Wildman–Crippen LogP) is 11.6. The summed E-state index contributed by atoms with van der Waals surface area (Å²) in [5.74, 6) is 0.342. The Morgan fingerprint density at radius 3 is 1.78 bits per heavy atom. The van der Waals surface area contributed by atoms with Gasteiger partial charge in [0.2, 0.25) is 0 Å². The third-order valence-electron chi connectivity index (χ3n) is 19.3. The van der Waals surface area contributed by atoms with Crippen LogP contribution in [0.4, 0.5) is 13.2 Å². The van der Waals surface area contributed by atoms with Crippen LogP contribution in [0.5, 0.6) is 5.75 Å². The zero-order chi connectivity index (χ0) is 69.5. The number of rotatable bonds is 16. The highest BCUT2D eigenvalue weighted by Gasteiger charge is 2.64. The molecule has 8 saturated carbocycles. The molecule has 0 aromatic heterocycles. The van der Waals surface area contributed by atoms with Crippen molar-refractivity contribution in [1.82, 2.24) is 0 Å². The average molecular weight is 1310 g/mol. The number of cyclic esters (lactones) is 2. The number of halogens is 3. The predicted molar refractivity (Wildman–Crippen MR) is 334 cm³/mol. The number of fused-ring (bicyclic) bond motifs is 3. The van der Waals surface area contributed by atoms with Crippen LogP contribution in [0.15, 0.2) is 104 Å². The molecule has 512 valence electrons. The van der Waals surface area contributed by atoms with E-state index in [4.69, 9.17) is 37.9 Å². The van der Waals surface area contributed by atoms with Crippen LogP contribution in [0.2, 0.25) is 0 Å². The fourth-order valence-electron chi connectivity index (χ4n) is 14.5. The number of alkyl halides is 3. The molecule has 8 aliphatic carbocycles. The lowest BCUT2D eigenvalue weighted by Gasteiger charge is -2.59. The van der Waals surface area contributed by atoms with E-state index in [0.717, 1.165) is 63.0 Å². The van der Waals surface area contributed by atoms with Crippen molar-refractivity contribution in [1.29, 1.82) is 0 Å². The molecule has 0 radical (unpaired) electrons. The van der Waals surface area contributed by atoms with Crippen LogP contribution in [-0.2, 0) is 76.3 Å². The van der Waals surface area contributed by atoms with Gasteiger partial charge in [-0.05, 0) is 179 Å². The second-order valence-electron chi connectivity index (χ2n) is 27.6. The second-order valence-corrected chi connectivity index (χ2v) is 27.6. The Morgan fingerprint density at radius 2 is 1.31 bits per heavy atom. The first-order valence-electron chi connectivity index (χ1n) is 31.6. The fraction of sp³-hybridized carbons (Fsp3) is 0.606. The first-order chi connectivity index (χ1) is 43.2. The van der Waals surface area contributed by atoms with Gasteiger partial charge in [-0.1, -0.05) is 64.3 Å². The molecular formula is C71H93F3O19. The van der Waals surface area contributed by atoms with Gasteiger partial charge in [0.1, 0.15) is 59.7 Å². The van der Waals surface area contributed by atoms with Crippen LogP contribution in [-0.4, -0.2) is 125 Å². The first-order valence-corrected chi connectivity index (χ1v) is 31.6.